The lowest BCUT2D eigenvalue weighted by Gasteiger charge is -2.14. The largest absolute Gasteiger partial charge is 0.451 e. The fourth-order valence-corrected chi connectivity index (χ4v) is 2.80. The van der Waals surface area contributed by atoms with Gasteiger partial charge in [0.05, 0.1) is 6.10 Å². The Hall–Kier alpha value is -2.14. The molecule has 2 unspecified atom stereocenters. The molecule has 1 aliphatic carbocycles. The van der Waals surface area contributed by atoms with E-state index in [1.807, 2.05) is 0 Å². The van der Waals surface area contributed by atoms with E-state index in [4.69, 9.17) is 4.42 Å². The van der Waals surface area contributed by atoms with Crippen LogP contribution in [0.3, 0.4) is 0 Å². The van der Waals surface area contributed by atoms with Gasteiger partial charge in [0.25, 0.3) is 5.91 Å². The zero-order valence-corrected chi connectivity index (χ0v) is 12.1. The van der Waals surface area contributed by atoms with Crippen molar-refractivity contribution in [3.05, 3.63) is 48.0 Å². The van der Waals surface area contributed by atoms with Crippen LogP contribution in [0, 0.1) is 11.7 Å². The zero-order chi connectivity index (χ0) is 15.5. The van der Waals surface area contributed by atoms with E-state index in [2.05, 4.69) is 5.32 Å². The first-order chi connectivity index (χ1) is 10.6. The van der Waals surface area contributed by atoms with Gasteiger partial charge in [0.15, 0.2) is 5.76 Å². The number of aliphatic hydroxyl groups is 1. The number of benzene rings is 1. The first-order valence-corrected chi connectivity index (χ1v) is 7.45. The molecule has 4 nitrogen and oxygen atoms in total. The number of hydrogen-bond donors (Lipinski definition) is 2. The molecule has 5 heteroatoms. The molecule has 1 aromatic heterocycles. The van der Waals surface area contributed by atoms with E-state index in [9.17, 15) is 14.3 Å². The third-order valence-corrected chi connectivity index (χ3v) is 4.10. The second kappa shape index (κ2) is 6.32. The first-order valence-electron chi connectivity index (χ1n) is 7.45. The Kier molecular flexibility index (Phi) is 4.24. The van der Waals surface area contributed by atoms with E-state index in [1.165, 1.54) is 12.1 Å². The molecule has 0 spiro atoms. The Morgan fingerprint density at radius 3 is 2.68 bits per heavy atom. The van der Waals surface area contributed by atoms with Crippen molar-refractivity contribution in [2.75, 3.05) is 6.54 Å². The van der Waals surface area contributed by atoms with Crippen LogP contribution in [-0.2, 0) is 0 Å². The monoisotopic (exact) mass is 303 g/mol. The summed E-state index contributed by atoms with van der Waals surface area (Å²) >= 11 is 0. The van der Waals surface area contributed by atoms with Crippen molar-refractivity contribution in [3.8, 4) is 11.3 Å². The third-order valence-electron chi connectivity index (χ3n) is 4.10. The zero-order valence-electron chi connectivity index (χ0n) is 12.1. The van der Waals surface area contributed by atoms with Crippen LogP contribution in [0.15, 0.2) is 40.8 Å². The van der Waals surface area contributed by atoms with Gasteiger partial charge in [0, 0.05) is 18.0 Å². The number of hydrogen-bond acceptors (Lipinski definition) is 3. The highest BCUT2D eigenvalue weighted by Crippen LogP contribution is 2.25. The molecule has 1 heterocycles. The Labute approximate surface area is 128 Å². The van der Waals surface area contributed by atoms with Gasteiger partial charge in [-0.1, -0.05) is 6.42 Å². The van der Waals surface area contributed by atoms with Crippen LogP contribution >= 0.6 is 0 Å². The lowest BCUT2D eigenvalue weighted by atomic mass is 10.1. The minimum absolute atomic E-state index is 0.121. The van der Waals surface area contributed by atoms with Crippen LogP contribution < -0.4 is 5.32 Å². The lowest BCUT2D eigenvalue weighted by Crippen LogP contribution is -2.32. The molecule has 22 heavy (non-hydrogen) atoms. The highest BCUT2D eigenvalue weighted by atomic mass is 19.1. The highest BCUT2D eigenvalue weighted by Gasteiger charge is 2.25. The molecular weight excluding hydrogens is 285 g/mol. The predicted molar refractivity (Wildman–Crippen MR) is 79.8 cm³/mol. The van der Waals surface area contributed by atoms with E-state index >= 15 is 0 Å². The van der Waals surface area contributed by atoms with Gasteiger partial charge in [0.2, 0.25) is 0 Å². The van der Waals surface area contributed by atoms with E-state index in [0.717, 1.165) is 19.3 Å². The summed E-state index contributed by atoms with van der Waals surface area (Å²) in [5.74, 6) is 0.240. The molecule has 2 aromatic rings. The van der Waals surface area contributed by atoms with Gasteiger partial charge in [-0.2, -0.15) is 0 Å². The number of rotatable bonds is 4. The molecule has 0 radical (unpaired) electrons. The van der Waals surface area contributed by atoms with Crippen molar-refractivity contribution in [2.45, 2.75) is 25.4 Å². The Morgan fingerprint density at radius 2 is 2.00 bits per heavy atom. The number of carbonyl (C=O) groups is 1. The van der Waals surface area contributed by atoms with E-state index in [-0.39, 0.29) is 29.5 Å². The number of aliphatic hydroxyl groups excluding tert-OH is 1. The number of furan rings is 1. The number of nitrogens with one attached hydrogen (secondary N) is 1. The molecule has 0 saturated heterocycles. The maximum absolute atomic E-state index is 12.9. The van der Waals surface area contributed by atoms with Crippen molar-refractivity contribution in [3.63, 3.8) is 0 Å². The van der Waals surface area contributed by atoms with Gasteiger partial charge in [0.1, 0.15) is 11.6 Å². The predicted octanol–water partition coefficient (Wildman–Crippen LogP) is 2.98. The molecule has 2 atom stereocenters. The topological polar surface area (TPSA) is 62.5 Å². The summed E-state index contributed by atoms with van der Waals surface area (Å²) in [4.78, 5) is 12.1. The summed E-state index contributed by atoms with van der Waals surface area (Å²) < 4.78 is 18.4. The molecule has 1 amide bonds. The Bertz CT molecular complexity index is 650. The van der Waals surface area contributed by atoms with Gasteiger partial charge in [-0.05, 0) is 49.2 Å². The van der Waals surface area contributed by atoms with Crippen molar-refractivity contribution >= 4 is 5.91 Å². The average molecular weight is 303 g/mol. The minimum Gasteiger partial charge on any atom is -0.451 e. The van der Waals surface area contributed by atoms with E-state index < -0.39 is 0 Å². The van der Waals surface area contributed by atoms with E-state index in [0.29, 0.717) is 17.9 Å². The third kappa shape index (κ3) is 3.20. The summed E-state index contributed by atoms with van der Waals surface area (Å²) in [7, 11) is 0. The smallest absolute Gasteiger partial charge is 0.287 e. The van der Waals surface area contributed by atoms with Crippen molar-refractivity contribution in [2.24, 2.45) is 5.92 Å². The van der Waals surface area contributed by atoms with Gasteiger partial charge >= 0.3 is 0 Å². The molecule has 3 rings (SSSR count). The second-order valence-electron chi connectivity index (χ2n) is 5.64. The van der Waals surface area contributed by atoms with Gasteiger partial charge < -0.3 is 14.8 Å². The molecule has 0 bridgehead atoms. The van der Waals surface area contributed by atoms with Crippen LogP contribution in [0.4, 0.5) is 4.39 Å². The minimum atomic E-state index is -0.327. The van der Waals surface area contributed by atoms with Crippen LogP contribution in [-0.4, -0.2) is 23.7 Å². The SMILES string of the molecule is O=C(NCC1CCCC1O)c1ccc(-c2ccc(F)cc2)o1. The van der Waals surface area contributed by atoms with Crippen molar-refractivity contribution in [1.82, 2.24) is 5.32 Å². The number of amides is 1. The maximum atomic E-state index is 12.9. The van der Waals surface area contributed by atoms with Gasteiger partial charge in [-0.3, -0.25) is 4.79 Å². The fourth-order valence-electron chi connectivity index (χ4n) is 2.80. The Balaban J connectivity index is 1.63. The first kappa shape index (κ1) is 14.8. The number of halogens is 1. The molecule has 116 valence electrons. The van der Waals surface area contributed by atoms with Crippen LogP contribution in [0.2, 0.25) is 0 Å². The Morgan fingerprint density at radius 1 is 1.23 bits per heavy atom. The maximum Gasteiger partial charge on any atom is 0.287 e. The fraction of sp³-hybridized carbons (Fsp3) is 0.353. The lowest BCUT2D eigenvalue weighted by molar-refractivity contribution is 0.0891. The summed E-state index contributed by atoms with van der Waals surface area (Å²) in [5, 5.41) is 12.5. The molecular formula is C17H18FNO3. The summed E-state index contributed by atoms with van der Waals surface area (Å²) in [6, 6.07) is 9.18. The second-order valence-corrected chi connectivity index (χ2v) is 5.64. The van der Waals surface area contributed by atoms with Gasteiger partial charge in [-0.15, -0.1) is 0 Å². The summed E-state index contributed by atoms with van der Waals surface area (Å²) in [5.41, 5.74) is 0.715. The standard InChI is InChI=1S/C17H18FNO3/c18-13-6-4-11(5-7-13)15-8-9-16(22-15)17(21)19-10-12-2-1-3-14(12)20/h4-9,12,14,20H,1-3,10H2,(H,19,21). The molecule has 1 fully saturated rings. The summed E-state index contributed by atoms with van der Waals surface area (Å²) in [6.07, 6.45) is 2.40. The molecule has 1 saturated carbocycles. The van der Waals surface area contributed by atoms with Crippen molar-refractivity contribution < 1.29 is 18.7 Å². The normalized spacial score (nSPS) is 21.0. The quantitative estimate of drug-likeness (QED) is 0.912. The molecule has 1 aliphatic rings. The van der Waals surface area contributed by atoms with E-state index in [1.54, 1.807) is 24.3 Å². The molecule has 2 N–H and O–H groups in total. The van der Waals surface area contributed by atoms with Crippen LogP contribution in [0.25, 0.3) is 11.3 Å². The number of carbonyl (C=O) groups excluding carboxylic acids is 1. The van der Waals surface area contributed by atoms with Crippen molar-refractivity contribution in [1.29, 1.82) is 0 Å². The van der Waals surface area contributed by atoms with Gasteiger partial charge in [-0.25, -0.2) is 4.39 Å². The molecule has 0 aliphatic heterocycles. The summed E-state index contributed by atoms with van der Waals surface area (Å²) in [6.45, 7) is 0.451. The van der Waals surface area contributed by atoms with Crippen LogP contribution in [0.1, 0.15) is 29.8 Å². The molecule has 1 aromatic carbocycles. The average Bonchev–Trinajstić information content (AvgIpc) is 3.15. The van der Waals surface area contributed by atoms with Crippen LogP contribution in [0.5, 0.6) is 0 Å². The highest BCUT2D eigenvalue weighted by molar-refractivity contribution is 5.92.